The molecule has 1 N–H and O–H groups in total. The number of hydrogen-bond donors (Lipinski definition) is 1. The topological polar surface area (TPSA) is 91.8 Å². The molecule has 0 saturated carbocycles. The van der Waals surface area contributed by atoms with Gasteiger partial charge in [-0.3, -0.25) is 9.59 Å². The Bertz CT molecular complexity index is 482. The van der Waals surface area contributed by atoms with Gasteiger partial charge in [-0.25, -0.2) is 8.42 Å². The van der Waals surface area contributed by atoms with Gasteiger partial charge in [0.05, 0.1) is 17.6 Å². The highest BCUT2D eigenvalue weighted by Gasteiger charge is 2.35. The summed E-state index contributed by atoms with van der Waals surface area (Å²) in [6, 6.07) is 0. The second-order valence-corrected chi connectivity index (χ2v) is 7.14. The van der Waals surface area contributed by atoms with Crippen molar-refractivity contribution < 1.29 is 23.1 Å². The maximum absolute atomic E-state index is 12.2. The predicted octanol–water partition coefficient (Wildman–Crippen LogP) is 0.156. The predicted molar refractivity (Wildman–Crippen MR) is 70.3 cm³/mol. The van der Waals surface area contributed by atoms with Crippen LogP contribution in [0.15, 0.2) is 12.2 Å². The van der Waals surface area contributed by atoms with Crippen molar-refractivity contribution >= 4 is 21.7 Å². The molecule has 0 radical (unpaired) electrons. The Hall–Kier alpha value is -1.37. The van der Waals surface area contributed by atoms with Crippen LogP contribution in [0.5, 0.6) is 0 Å². The lowest BCUT2D eigenvalue weighted by Gasteiger charge is -2.28. The zero-order valence-corrected chi connectivity index (χ0v) is 11.9. The van der Waals surface area contributed by atoms with Crippen LogP contribution >= 0.6 is 0 Å². The molecule has 0 aliphatic heterocycles. The van der Waals surface area contributed by atoms with Gasteiger partial charge in [-0.15, -0.1) is 0 Å². The highest BCUT2D eigenvalue weighted by atomic mass is 32.2. The number of carboxylic acid groups (broad SMARTS) is 1. The molecule has 2 atom stereocenters. The summed E-state index contributed by atoms with van der Waals surface area (Å²) in [5.74, 6) is -2.74. The molecule has 7 heteroatoms. The van der Waals surface area contributed by atoms with Crippen molar-refractivity contribution in [2.24, 2.45) is 11.8 Å². The molecule has 0 bridgehead atoms. The van der Waals surface area contributed by atoms with Gasteiger partial charge < -0.3 is 10.0 Å². The molecule has 108 valence electrons. The van der Waals surface area contributed by atoms with E-state index >= 15 is 0 Å². The van der Waals surface area contributed by atoms with Crippen molar-refractivity contribution in [3.8, 4) is 0 Å². The van der Waals surface area contributed by atoms with Crippen molar-refractivity contribution in [3.05, 3.63) is 12.2 Å². The molecule has 0 unspecified atom stereocenters. The Labute approximate surface area is 113 Å². The summed E-state index contributed by atoms with van der Waals surface area (Å²) >= 11 is 0. The number of hydrogen-bond acceptors (Lipinski definition) is 4. The fourth-order valence-electron chi connectivity index (χ4n) is 2.06. The molecule has 0 fully saturated rings. The summed E-state index contributed by atoms with van der Waals surface area (Å²) in [5, 5.41) is 9.10. The van der Waals surface area contributed by atoms with Crippen molar-refractivity contribution in [3.63, 3.8) is 0 Å². The summed E-state index contributed by atoms with van der Waals surface area (Å²) in [5.41, 5.74) is 0. The number of carbonyl (C=O) groups excluding carboxylic acids is 1. The molecule has 0 aromatic carbocycles. The van der Waals surface area contributed by atoms with Gasteiger partial charge in [-0.2, -0.15) is 0 Å². The summed E-state index contributed by atoms with van der Waals surface area (Å²) in [4.78, 5) is 24.6. The van der Waals surface area contributed by atoms with Crippen LogP contribution in [0, 0.1) is 11.8 Å². The maximum atomic E-state index is 12.2. The molecule has 1 aliphatic rings. The van der Waals surface area contributed by atoms with Crippen LogP contribution < -0.4 is 0 Å². The zero-order chi connectivity index (χ0) is 14.6. The molecule has 1 aliphatic carbocycles. The van der Waals surface area contributed by atoms with Gasteiger partial charge in [0.2, 0.25) is 5.91 Å². The molecule has 1 amide bonds. The molecule has 19 heavy (non-hydrogen) atoms. The third-order valence-corrected chi connectivity index (χ3v) is 4.16. The van der Waals surface area contributed by atoms with E-state index in [0.717, 1.165) is 6.26 Å². The number of carbonyl (C=O) groups is 2. The van der Waals surface area contributed by atoms with E-state index in [1.807, 2.05) is 0 Å². The fourth-order valence-corrected chi connectivity index (χ4v) is 2.66. The number of allylic oxidation sites excluding steroid dienone is 2. The smallest absolute Gasteiger partial charge is 0.307 e. The summed E-state index contributed by atoms with van der Waals surface area (Å²) in [6.07, 6.45) is 5.39. The first-order valence-corrected chi connectivity index (χ1v) is 8.09. The van der Waals surface area contributed by atoms with Crippen molar-refractivity contribution in [1.29, 1.82) is 0 Å². The molecule has 1 rings (SSSR count). The Balaban J connectivity index is 2.69. The second-order valence-electron chi connectivity index (χ2n) is 4.88. The van der Waals surface area contributed by atoms with Crippen LogP contribution in [0.25, 0.3) is 0 Å². The molecule has 0 heterocycles. The number of rotatable bonds is 5. The van der Waals surface area contributed by atoms with E-state index in [1.54, 1.807) is 12.2 Å². The largest absolute Gasteiger partial charge is 0.481 e. The number of amides is 1. The number of aliphatic carboxylic acids is 1. The van der Waals surface area contributed by atoms with E-state index in [0.29, 0.717) is 12.8 Å². The third kappa shape index (κ3) is 4.66. The Kier molecular flexibility index (Phi) is 5.11. The Morgan fingerprint density at radius 3 is 2.26 bits per heavy atom. The van der Waals surface area contributed by atoms with E-state index in [9.17, 15) is 18.0 Å². The minimum Gasteiger partial charge on any atom is -0.481 e. The quantitative estimate of drug-likeness (QED) is 0.728. The van der Waals surface area contributed by atoms with Gasteiger partial charge in [0.15, 0.2) is 0 Å². The zero-order valence-electron chi connectivity index (χ0n) is 11.1. The van der Waals surface area contributed by atoms with E-state index < -0.39 is 27.6 Å². The SMILES string of the molecule is CN(CCS(C)(=O)=O)C(=O)[C@@H]1CC=CC[C@@H]1C(=O)O. The lowest BCUT2D eigenvalue weighted by molar-refractivity contribution is -0.150. The van der Waals surface area contributed by atoms with Crippen LogP contribution in [0.4, 0.5) is 0 Å². The minimum absolute atomic E-state index is 0.0875. The number of sulfone groups is 1. The molecule has 0 saturated heterocycles. The van der Waals surface area contributed by atoms with Crippen LogP contribution in [-0.2, 0) is 19.4 Å². The third-order valence-electron chi connectivity index (χ3n) is 3.24. The fraction of sp³-hybridized carbons (Fsp3) is 0.667. The monoisotopic (exact) mass is 289 g/mol. The first-order chi connectivity index (χ1) is 8.72. The molecule has 0 aromatic rings. The molecular weight excluding hydrogens is 270 g/mol. The van der Waals surface area contributed by atoms with E-state index in [2.05, 4.69) is 0 Å². The van der Waals surface area contributed by atoms with Crippen LogP contribution in [0.3, 0.4) is 0 Å². The Morgan fingerprint density at radius 2 is 1.79 bits per heavy atom. The molecule has 0 aromatic heterocycles. The van der Waals surface area contributed by atoms with Crippen molar-refractivity contribution in [2.75, 3.05) is 25.6 Å². The van der Waals surface area contributed by atoms with Gasteiger partial charge in [-0.05, 0) is 12.8 Å². The normalized spacial score (nSPS) is 23.1. The lowest BCUT2D eigenvalue weighted by Crippen LogP contribution is -2.41. The number of nitrogens with zero attached hydrogens (tertiary/aromatic N) is 1. The van der Waals surface area contributed by atoms with Crippen LogP contribution in [-0.4, -0.2) is 55.9 Å². The first kappa shape index (κ1) is 15.7. The highest BCUT2D eigenvalue weighted by molar-refractivity contribution is 7.90. The molecular formula is C12H19NO5S. The summed E-state index contributed by atoms with van der Waals surface area (Å²) in [6.45, 7) is 0.0875. The minimum atomic E-state index is -3.14. The summed E-state index contributed by atoms with van der Waals surface area (Å²) in [7, 11) is -1.63. The summed E-state index contributed by atoms with van der Waals surface area (Å²) < 4.78 is 22.1. The van der Waals surface area contributed by atoms with Crippen molar-refractivity contribution in [1.82, 2.24) is 4.90 Å². The average Bonchev–Trinajstić information content (AvgIpc) is 2.34. The number of carboxylic acids is 1. The second kappa shape index (κ2) is 6.18. The Morgan fingerprint density at radius 1 is 1.26 bits per heavy atom. The molecule has 0 spiro atoms. The van der Waals surface area contributed by atoms with Crippen LogP contribution in [0.2, 0.25) is 0 Å². The van der Waals surface area contributed by atoms with Crippen LogP contribution in [0.1, 0.15) is 12.8 Å². The highest BCUT2D eigenvalue weighted by Crippen LogP contribution is 2.27. The van der Waals surface area contributed by atoms with E-state index in [1.165, 1.54) is 11.9 Å². The van der Waals surface area contributed by atoms with E-state index in [-0.39, 0.29) is 18.2 Å². The van der Waals surface area contributed by atoms with Gasteiger partial charge in [0.1, 0.15) is 9.84 Å². The first-order valence-electron chi connectivity index (χ1n) is 6.03. The average molecular weight is 289 g/mol. The van der Waals surface area contributed by atoms with Crippen molar-refractivity contribution in [2.45, 2.75) is 12.8 Å². The van der Waals surface area contributed by atoms with E-state index in [4.69, 9.17) is 5.11 Å². The van der Waals surface area contributed by atoms with Gasteiger partial charge in [0.25, 0.3) is 0 Å². The molecule has 6 nitrogen and oxygen atoms in total. The lowest BCUT2D eigenvalue weighted by atomic mass is 9.82. The maximum Gasteiger partial charge on any atom is 0.307 e. The van der Waals surface area contributed by atoms with Gasteiger partial charge in [-0.1, -0.05) is 12.2 Å². The standard InChI is InChI=1S/C12H19NO5S/c1-13(7-8-19(2,17)18)11(14)9-5-3-4-6-10(9)12(15)16/h3-4,9-10H,5-8H2,1-2H3,(H,15,16)/t9-,10+/m1/s1. The van der Waals surface area contributed by atoms with Gasteiger partial charge in [0, 0.05) is 19.8 Å². The van der Waals surface area contributed by atoms with Gasteiger partial charge >= 0.3 is 5.97 Å².